The largest absolute Gasteiger partial charge is 0.279 e. The lowest BCUT2D eigenvalue weighted by Gasteiger charge is -2.13. The number of benzene rings is 2. The Labute approximate surface area is 133 Å². The molecule has 0 bridgehead atoms. The van der Waals surface area contributed by atoms with Crippen LogP contribution < -0.4 is 4.72 Å². The van der Waals surface area contributed by atoms with Gasteiger partial charge >= 0.3 is 0 Å². The number of nitrogens with one attached hydrogen (secondary N) is 1. The van der Waals surface area contributed by atoms with Crippen LogP contribution >= 0.6 is 0 Å². The summed E-state index contributed by atoms with van der Waals surface area (Å²) in [5, 5.41) is 0. The minimum atomic E-state index is -3.55. The Morgan fingerprint density at radius 3 is 2.27 bits per heavy atom. The van der Waals surface area contributed by atoms with E-state index in [1.807, 2.05) is 38.1 Å². The van der Waals surface area contributed by atoms with E-state index in [1.165, 1.54) is 0 Å². The maximum Gasteiger partial charge on any atom is 0.261 e. The fourth-order valence-electron chi connectivity index (χ4n) is 2.28. The van der Waals surface area contributed by atoms with Crippen molar-refractivity contribution in [1.82, 2.24) is 0 Å². The Kier molecular flexibility index (Phi) is 4.91. The van der Waals surface area contributed by atoms with Crippen molar-refractivity contribution in [2.45, 2.75) is 44.9 Å². The molecular weight excluding hydrogens is 294 g/mol. The first-order valence-corrected chi connectivity index (χ1v) is 9.02. The lowest BCUT2D eigenvalue weighted by atomic mass is 9.99. The molecule has 0 heterocycles. The number of hydrogen-bond acceptors (Lipinski definition) is 2. The van der Waals surface area contributed by atoms with Gasteiger partial charge < -0.3 is 0 Å². The van der Waals surface area contributed by atoms with Gasteiger partial charge in [0.05, 0.1) is 10.6 Å². The highest BCUT2D eigenvalue weighted by atomic mass is 32.2. The normalized spacial score (nSPS) is 12.9. The van der Waals surface area contributed by atoms with Gasteiger partial charge in [0, 0.05) is 0 Å². The molecule has 0 fully saturated rings. The van der Waals surface area contributed by atoms with Gasteiger partial charge in [-0.05, 0) is 61.1 Å². The van der Waals surface area contributed by atoms with Crippen LogP contribution in [0.5, 0.6) is 0 Å². The zero-order valence-corrected chi connectivity index (χ0v) is 14.4. The van der Waals surface area contributed by atoms with Crippen molar-refractivity contribution < 1.29 is 8.42 Å². The first-order valence-electron chi connectivity index (χ1n) is 7.54. The van der Waals surface area contributed by atoms with E-state index in [-0.39, 0.29) is 0 Å². The van der Waals surface area contributed by atoms with Crippen molar-refractivity contribution in [3.05, 3.63) is 59.2 Å². The number of rotatable bonds is 5. The summed E-state index contributed by atoms with van der Waals surface area (Å²) in [5.74, 6) is 0.434. The molecule has 2 rings (SSSR count). The first-order chi connectivity index (χ1) is 10.3. The van der Waals surface area contributed by atoms with Crippen LogP contribution in [0.25, 0.3) is 0 Å². The van der Waals surface area contributed by atoms with E-state index in [4.69, 9.17) is 0 Å². The molecule has 0 aliphatic rings. The van der Waals surface area contributed by atoms with Crippen molar-refractivity contribution in [2.75, 3.05) is 4.72 Å². The monoisotopic (exact) mass is 317 g/mol. The van der Waals surface area contributed by atoms with Gasteiger partial charge in [0.25, 0.3) is 10.0 Å². The van der Waals surface area contributed by atoms with Crippen LogP contribution in [0.4, 0.5) is 5.69 Å². The summed E-state index contributed by atoms with van der Waals surface area (Å²) in [4.78, 5) is 0.292. The van der Waals surface area contributed by atoms with Crippen LogP contribution in [0.1, 0.15) is 42.9 Å². The van der Waals surface area contributed by atoms with Gasteiger partial charge in [-0.2, -0.15) is 0 Å². The van der Waals surface area contributed by atoms with E-state index in [2.05, 4.69) is 18.6 Å². The number of sulfonamides is 1. The van der Waals surface area contributed by atoms with Crippen molar-refractivity contribution in [3.8, 4) is 0 Å². The Balaban J connectivity index is 2.29. The first kappa shape index (κ1) is 16.6. The van der Waals surface area contributed by atoms with Crippen LogP contribution in [0, 0.1) is 13.8 Å². The van der Waals surface area contributed by atoms with E-state index < -0.39 is 10.0 Å². The molecule has 1 N–H and O–H groups in total. The number of anilines is 1. The molecule has 0 radical (unpaired) electrons. The quantitative estimate of drug-likeness (QED) is 0.874. The van der Waals surface area contributed by atoms with Crippen LogP contribution in [-0.2, 0) is 10.0 Å². The van der Waals surface area contributed by atoms with Crippen LogP contribution in [0.3, 0.4) is 0 Å². The van der Waals surface area contributed by atoms with Gasteiger partial charge in [0.1, 0.15) is 0 Å². The van der Waals surface area contributed by atoms with Gasteiger partial charge in [0.15, 0.2) is 0 Å². The highest BCUT2D eigenvalue weighted by molar-refractivity contribution is 7.92. The maximum atomic E-state index is 12.5. The molecule has 2 aromatic carbocycles. The second-order valence-electron chi connectivity index (χ2n) is 5.73. The summed E-state index contributed by atoms with van der Waals surface area (Å²) in [6, 6.07) is 12.7. The number of aryl methyl sites for hydroxylation is 1. The van der Waals surface area contributed by atoms with Crippen molar-refractivity contribution in [3.63, 3.8) is 0 Å². The van der Waals surface area contributed by atoms with Gasteiger partial charge in [-0.25, -0.2) is 8.42 Å². The molecule has 0 spiro atoms. The molecule has 0 unspecified atom stereocenters. The second kappa shape index (κ2) is 6.53. The highest BCUT2D eigenvalue weighted by Crippen LogP contribution is 2.24. The molecule has 0 aliphatic heterocycles. The lowest BCUT2D eigenvalue weighted by molar-refractivity contribution is 0.601. The molecule has 4 heteroatoms. The van der Waals surface area contributed by atoms with Crippen LogP contribution in [0.15, 0.2) is 47.4 Å². The summed E-state index contributed by atoms with van der Waals surface area (Å²) in [5.41, 5.74) is 3.80. The Morgan fingerprint density at radius 2 is 1.68 bits per heavy atom. The molecule has 1 atom stereocenters. The Morgan fingerprint density at radius 1 is 1.05 bits per heavy atom. The topological polar surface area (TPSA) is 46.2 Å². The summed E-state index contributed by atoms with van der Waals surface area (Å²) >= 11 is 0. The van der Waals surface area contributed by atoms with Crippen molar-refractivity contribution >= 4 is 15.7 Å². The SMILES string of the molecule is CC[C@@H](C)c1ccc(S(=O)(=O)Nc2cccc(C)c2C)cc1. The molecule has 0 aliphatic carbocycles. The maximum absolute atomic E-state index is 12.5. The summed E-state index contributed by atoms with van der Waals surface area (Å²) < 4.78 is 27.7. The smallest absolute Gasteiger partial charge is 0.261 e. The predicted octanol–water partition coefficient (Wildman–Crippen LogP) is 4.62. The van der Waals surface area contributed by atoms with Crippen LogP contribution in [0.2, 0.25) is 0 Å². The predicted molar refractivity (Wildman–Crippen MR) is 91.9 cm³/mol. The molecule has 2 aromatic rings. The fraction of sp³-hybridized carbons (Fsp3) is 0.333. The molecule has 3 nitrogen and oxygen atoms in total. The van der Waals surface area contributed by atoms with E-state index >= 15 is 0 Å². The Bertz CT molecular complexity index is 749. The van der Waals surface area contributed by atoms with Gasteiger partial charge in [0.2, 0.25) is 0 Å². The molecule has 0 aromatic heterocycles. The summed E-state index contributed by atoms with van der Waals surface area (Å²) in [7, 11) is -3.55. The summed E-state index contributed by atoms with van der Waals surface area (Å²) in [6.07, 6.45) is 1.03. The fourth-order valence-corrected chi connectivity index (χ4v) is 3.40. The average molecular weight is 317 g/mol. The van der Waals surface area contributed by atoms with Gasteiger partial charge in [-0.15, -0.1) is 0 Å². The molecule has 0 amide bonds. The molecule has 0 saturated carbocycles. The van der Waals surface area contributed by atoms with E-state index in [0.29, 0.717) is 16.5 Å². The highest BCUT2D eigenvalue weighted by Gasteiger charge is 2.16. The summed E-state index contributed by atoms with van der Waals surface area (Å²) in [6.45, 7) is 8.14. The minimum absolute atomic E-state index is 0.292. The average Bonchev–Trinajstić information content (AvgIpc) is 2.51. The van der Waals surface area contributed by atoms with Crippen molar-refractivity contribution in [2.24, 2.45) is 0 Å². The van der Waals surface area contributed by atoms with Gasteiger partial charge in [-0.3, -0.25) is 4.72 Å². The van der Waals surface area contributed by atoms with Crippen LogP contribution in [-0.4, -0.2) is 8.42 Å². The third-order valence-corrected chi connectivity index (χ3v) is 5.60. The standard InChI is InChI=1S/C18H23NO2S/c1-5-13(2)16-9-11-17(12-10-16)22(20,21)19-18-8-6-7-14(3)15(18)4/h6-13,19H,5H2,1-4H3/t13-/m1/s1. The molecule has 118 valence electrons. The third kappa shape index (κ3) is 3.50. The molecule has 0 saturated heterocycles. The Hall–Kier alpha value is -1.81. The second-order valence-corrected chi connectivity index (χ2v) is 7.41. The molecule has 22 heavy (non-hydrogen) atoms. The molecular formula is C18H23NO2S. The number of hydrogen-bond donors (Lipinski definition) is 1. The van der Waals surface area contributed by atoms with Gasteiger partial charge in [-0.1, -0.05) is 38.1 Å². The van der Waals surface area contributed by atoms with E-state index in [9.17, 15) is 8.42 Å². The zero-order chi connectivity index (χ0) is 16.3. The van der Waals surface area contributed by atoms with Crippen molar-refractivity contribution in [1.29, 1.82) is 0 Å². The lowest BCUT2D eigenvalue weighted by Crippen LogP contribution is -2.14. The third-order valence-electron chi connectivity index (χ3n) is 4.22. The minimum Gasteiger partial charge on any atom is -0.279 e. The van der Waals surface area contributed by atoms with E-state index in [1.54, 1.807) is 18.2 Å². The van der Waals surface area contributed by atoms with E-state index in [0.717, 1.165) is 23.1 Å². The zero-order valence-electron chi connectivity index (χ0n) is 13.6.